The smallest absolute Gasteiger partial charge is 0.333 e. The van der Waals surface area contributed by atoms with Crippen molar-refractivity contribution in [3.8, 4) is 0 Å². The average molecular weight is 234 g/mol. The van der Waals surface area contributed by atoms with E-state index in [1.807, 2.05) is 0 Å². The molecule has 0 amide bonds. The van der Waals surface area contributed by atoms with Gasteiger partial charge < -0.3 is 4.74 Å². The summed E-state index contributed by atoms with van der Waals surface area (Å²) < 4.78 is 35.4. The van der Waals surface area contributed by atoms with Gasteiger partial charge in [0.05, 0.1) is 5.25 Å². The SMILES string of the molecule is C=C(C)C(=O)OC1CCC(S(=O)(=O)O)C1. The molecule has 15 heavy (non-hydrogen) atoms. The summed E-state index contributed by atoms with van der Waals surface area (Å²) >= 11 is 0. The Kier molecular flexibility index (Phi) is 3.51. The molecule has 1 aliphatic carbocycles. The van der Waals surface area contributed by atoms with Crippen LogP contribution in [0.25, 0.3) is 0 Å². The van der Waals surface area contributed by atoms with Crippen molar-refractivity contribution in [2.45, 2.75) is 37.5 Å². The predicted octanol–water partition coefficient (Wildman–Crippen LogP) is 0.915. The molecule has 0 aliphatic heterocycles. The molecule has 2 atom stereocenters. The highest BCUT2D eigenvalue weighted by Crippen LogP contribution is 2.27. The van der Waals surface area contributed by atoms with Crippen LogP contribution in [0.2, 0.25) is 0 Å². The third-order valence-electron chi connectivity index (χ3n) is 2.38. The second-order valence-electron chi connectivity index (χ2n) is 3.76. The molecule has 0 aromatic carbocycles. The van der Waals surface area contributed by atoms with Gasteiger partial charge in [-0.1, -0.05) is 6.58 Å². The number of carbonyl (C=O) groups is 1. The zero-order valence-corrected chi connectivity index (χ0v) is 9.29. The van der Waals surface area contributed by atoms with Gasteiger partial charge in [0.2, 0.25) is 0 Å². The van der Waals surface area contributed by atoms with Crippen molar-refractivity contribution in [3.63, 3.8) is 0 Å². The minimum absolute atomic E-state index is 0.165. The number of hydrogen-bond acceptors (Lipinski definition) is 4. The van der Waals surface area contributed by atoms with E-state index in [1.54, 1.807) is 0 Å². The molecule has 1 saturated carbocycles. The maximum atomic E-state index is 11.1. The molecule has 0 aromatic rings. The fourth-order valence-corrected chi connectivity index (χ4v) is 2.42. The Balaban J connectivity index is 2.51. The largest absolute Gasteiger partial charge is 0.459 e. The van der Waals surface area contributed by atoms with Crippen molar-refractivity contribution >= 4 is 16.1 Å². The Hall–Kier alpha value is -0.880. The van der Waals surface area contributed by atoms with Crippen LogP contribution in [0.4, 0.5) is 0 Å². The molecule has 0 radical (unpaired) electrons. The van der Waals surface area contributed by atoms with E-state index < -0.39 is 27.4 Å². The molecule has 1 aliphatic rings. The third kappa shape index (κ3) is 3.32. The molecule has 1 rings (SSSR count). The van der Waals surface area contributed by atoms with E-state index in [2.05, 4.69) is 6.58 Å². The molecule has 0 bridgehead atoms. The number of esters is 1. The molecular weight excluding hydrogens is 220 g/mol. The Morgan fingerprint density at radius 3 is 2.47 bits per heavy atom. The average Bonchev–Trinajstić information content (AvgIpc) is 2.51. The van der Waals surface area contributed by atoms with E-state index in [1.165, 1.54) is 6.92 Å². The molecule has 1 N–H and O–H groups in total. The number of rotatable bonds is 3. The van der Waals surface area contributed by atoms with Crippen molar-refractivity contribution in [1.82, 2.24) is 0 Å². The molecule has 86 valence electrons. The highest BCUT2D eigenvalue weighted by atomic mass is 32.2. The summed E-state index contributed by atoms with van der Waals surface area (Å²) in [5.41, 5.74) is 0.283. The quantitative estimate of drug-likeness (QED) is 0.446. The van der Waals surface area contributed by atoms with E-state index in [0.717, 1.165) is 0 Å². The Labute approximate surface area is 88.9 Å². The third-order valence-corrected chi connectivity index (χ3v) is 3.65. The van der Waals surface area contributed by atoms with Crippen LogP contribution < -0.4 is 0 Å². The van der Waals surface area contributed by atoms with Gasteiger partial charge in [0.15, 0.2) is 0 Å². The van der Waals surface area contributed by atoms with Crippen LogP contribution in [0.15, 0.2) is 12.2 Å². The van der Waals surface area contributed by atoms with Crippen LogP contribution in [-0.2, 0) is 19.6 Å². The lowest BCUT2D eigenvalue weighted by Gasteiger charge is -2.11. The van der Waals surface area contributed by atoms with Crippen molar-refractivity contribution < 1.29 is 22.5 Å². The molecule has 1 fully saturated rings. The van der Waals surface area contributed by atoms with Crippen molar-refractivity contribution in [2.75, 3.05) is 0 Å². The van der Waals surface area contributed by atoms with E-state index in [-0.39, 0.29) is 12.0 Å². The van der Waals surface area contributed by atoms with E-state index >= 15 is 0 Å². The first-order chi connectivity index (χ1) is 6.80. The van der Waals surface area contributed by atoms with E-state index in [9.17, 15) is 13.2 Å². The molecule has 5 nitrogen and oxygen atoms in total. The molecule has 0 heterocycles. The zero-order chi connectivity index (χ0) is 11.6. The van der Waals surface area contributed by atoms with Crippen LogP contribution in [0, 0.1) is 0 Å². The van der Waals surface area contributed by atoms with E-state index in [4.69, 9.17) is 9.29 Å². The summed E-state index contributed by atoms with van der Waals surface area (Å²) in [6.07, 6.45) is 0.523. The van der Waals surface area contributed by atoms with Crippen molar-refractivity contribution in [2.24, 2.45) is 0 Å². The molecule has 0 spiro atoms. The molecule has 6 heteroatoms. The monoisotopic (exact) mass is 234 g/mol. The predicted molar refractivity (Wildman–Crippen MR) is 53.9 cm³/mol. The first-order valence-electron chi connectivity index (χ1n) is 4.63. The lowest BCUT2D eigenvalue weighted by Crippen LogP contribution is -2.20. The van der Waals surface area contributed by atoms with Gasteiger partial charge in [0.25, 0.3) is 10.1 Å². The van der Waals surface area contributed by atoms with Crippen LogP contribution in [0.5, 0.6) is 0 Å². The minimum Gasteiger partial charge on any atom is -0.459 e. The summed E-state index contributed by atoms with van der Waals surface area (Å²) in [7, 11) is -4.01. The summed E-state index contributed by atoms with van der Waals surface area (Å²) in [6.45, 7) is 4.95. The van der Waals surface area contributed by atoms with Crippen LogP contribution in [0.1, 0.15) is 26.2 Å². The van der Waals surface area contributed by atoms with Gasteiger partial charge in [-0.05, 0) is 19.8 Å². The summed E-state index contributed by atoms with van der Waals surface area (Å²) in [5, 5.41) is -0.805. The highest BCUT2D eigenvalue weighted by molar-refractivity contribution is 7.86. The standard InChI is InChI=1S/C9H14O5S/c1-6(2)9(10)14-7-3-4-8(5-7)15(11,12)13/h7-8H,1,3-5H2,2H3,(H,11,12,13). The zero-order valence-electron chi connectivity index (χ0n) is 8.47. The highest BCUT2D eigenvalue weighted by Gasteiger charge is 2.35. The first kappa shape index (κ1) is 12.2. The Morgan fingerprint density at radius 1 is 1.47 bits per heavy atom. The first-order valence-corrected chi connectivity index (χ1v) is 6.14. The van der Waals surface area contributed by atoms with Crippen molar-refractivity contribution in [3.05, 3.63) is 12.2 Å². The normalized spacial score (nSPS) is 26.3. The lowest BCUT2D eigenvalue weighted by molar-refractivity contribution is -0.143. The topological polar surface area (TPSA) is 80.7 Å². The number of ether oxygens (including phenoxy) is 1. The van der Waals surface area contributed by atoms with Gasteiger partial charge >= 0.3 is 5.97 Å². The van der Waals surface area contributed by atoms with Gasteiger partial charge in [0, 0.05) is 12.0 Å². The maximum Gasteiger partial charge on any atom is 0.333 e. The van der Waals surface area contributed by atoms with Crippen molar-refractivity contribution in [1.29, 1.82) is 0 Å². The van der Waals surface area contributed by atoms with Crippen LogP contribution >= 0.6 is 0 Å². The number of hydrogen-bond donors (Lipinski definition) is 1. The molecule has 0 aromatic heterocycles. The number of carbonyl (C=O) groups excluding carboxylic acids is 1. The Bertz CT molecular complexity index is 370. The van der Waals surface area contributed by atoms with Crippen LogP contribution in [0.3, 0.4) is 0 Å². The fraction of sp³-hybridized carbons (Fsp3) is 0.667. The fourth-order valence-electron chi connectivity index (χ4n) is 1.53. The van der Waals surface area contributed by atoms with Gasteiger partial charge in [-0.15, -0.1) is 0 Å². The van der Waals surface area contributed by atoms with Gasteiger partial charge in [-0.3, -0.25) is 4.55 Å². The second kappa shape index (κ2) is 4.32. The van der Waals surface area contributed by atoms with E-state index in [0.29, 0.717) is 12.8 Å². The van der Waals surface area contributed by atoms with Gasteiger partial charge in [0.1, 0.15) is 6.10 Å². The maximum absolute atomic E-state index is 11.1. The molecular formula is C9H14O5S. The Morgan fingerprint density at radius 2 is 2.07 bits per heavy atom. The summed E-state index contributed by atoms with van der Waals surface area (Å²) in [6, 6.07) is 0. The minimum atomic E-state index is -4.01. The summed E-state index contributed by atoms with van der Waals surface area (Å²) in [5.74, 6) is -0.518. The second-order valence-corrected chi connectivity index (χ2v) is 5.45. The van der Waals surface area contributed by atoms with Crippen LogP contribution in [-0.4, -0.2) is 30.3 Å². The molecule has 0 saturated heterocycles. The molecule has 2 unspecified atom stereocenters. The summed E-state index contributed by atoms with van der Waals surface area (Å²) in [4.78, 5) is 11.1. The van der Waals surface area contributed by atoms with Gasteiger partial charge in [-0.25, -0.2) is 4.79 Å². The lowest BCUT2D eigenvalue weighted by atomic mass is 10.3. The van der Waals surface area contributed by atoms with Gasteiger partial charge in [-0.2, -0.15) is 8.42 Å².